The van der Waals surface area contributed by atoms with Crippen molar-refractivity contribution >= 4 is 41.3 Å². The van der Waals surface area contributed by atoms with Crippen LogP contribution in [0.2, 0.25) is 0 Å². The normalized spacial score (nSPS) is 11.0. The predicted octanol–water partition coefficient (Wildman–Crippen LogP) is 3.42. The summed E-state index contributed by atoms with van der Waals surface area (Å²) in [6.07, 6.45) is 3.89. The number of aliphatic imine (C=N–C) groups is 1. The minimum absolute atomic E-state index is 0. The molecule has 126 valence electrons. The number of para-hydroxylation sites is 1. The van der Waals surface area contributed by atoms with Gasteiger partial charge in [-0.3, -0.25) is 4.99 Å². The third kappa shape index (κ3) is 5.07. The van der Waals surface area contributed by atoms with Crippen molar-refractivity contribution in [2.45, 2.75) is 13.1 Å². The summed E-state index contributed by atoms with van der Waals surface area (Å²) >= 11 is 1.70. The zero-order valence-corrected chi connectivity index (χ0v) is 16.5. The number of guanidine groups is 1. The Morgan fingerprint density at radius 2 is 1.88 bits per heavy atom. The van der Waals surface area contributed by atoms with E-state index in [1.54, 1.807) is 18.4 Å². The topological polar surface area (TPSA) is 54.2 Å². The molecular weight excluding hydrogens is 433 g/mol. The maximum atomic E-state index is 4.39. The predicted molar refractivity (Wildman–Crippen MR) is 110 cm³/mol. The highest BCUT2D eigenvalue weighted by molar-refractivity contribution is 14.0. The van der Waals surface area contributed by atoms with Gasteiger partial charge in [-0.1, -0.05) is 18.2 Å². The van der Waals surface area contributed by atoms with Gasteiger partial charge in [0.25, 0.3) is 0 Å². The fraction of sp³-hybridized carbons (Fsp3) is 0.176. The van der Waals surface area contributed by atoms with Gasteiger partial charge in [-0.15, -0.1) is 24.0 Å². The summed E-state index contributed by atoms with van der Waals surface area (Å²) in [6.45, 7) is 1.45. The number of aromatic nitrogens is 2. The van der Waals surface area contributed by atoms with Gasteiger partial charge in [-0.05, 0) is 34.5 Å². The first-order valence-electron chi connectivity index (χ1n) is 7.40. The van der Waals surface area contributed by atoms with Gasteiger partial charge in [0.1, 0.15) is 0 Å². The monoisotopic (exact) mass is 453 g/mol. The third-order valence-corrected chi connectivity index (χ3v) is 4.11. The summed E-state index contributed by atoms with van der Waals surface area (Å²) in [5.74, 6) is 0.781. The summed E-state index contributed by atoms with van der Waals surface area (Å²) in [4.78, 5) is 4.24. The summed E-state index contributed by atoms with van der Waals surface area (Å²) in [7, 11) is 1.77. The van der Waals surface area contributed by atoms with Crippen LogP contribution in [0.1, 0.15) is 11.1 Å². The lowest BCUT2D eigenvalue weighted by molar-refractivity contribution is 0.810. The fourth-order valence-electron chi connectivity index (χ4n) is 2.16. The number of nitrogens with zero attached hydrogens (tertiary/aromatic N) is 3. The zero-order valence-electron chi connectivity index (χ0n) is 13.3. The third-order valence-electron chi connectivity index (χ3n) is 3.38. The molecule has 0 amide bonds. The Labute approximate surface area is 162 Å². The summed E-state index contributed by atoms with van der Waals surface area (Å²) < 4.78 is 1.87. The van der Waals surface area contributed by atoms with Crippen LogP contribution in [-0.4, -0.2) is 22.8 Å². The molecule has 0 spiro atoms. The van der Waals surface area contributed by atoms with Crippen molar-refractivity contribution < 1.29 is 0 Å². The van der Waals surface area contributed by atoms with Crippen LogP contribution in [0.3, 0.4) is 0 Å². The van der Waals surface area contributed by atoms with Gasteiger partial charge in [0, 0.05) is 31.9 Å². The van der Waals surface area contributed by atoms with Gasteiger partial charge < -0.3 is 10.6 Å². The largest absolute Gasteiger partial charge is 0.352 e. The van der Waals surface area contributed by atoms with Crippen molar-refractivity contribution in [1.29, 1.82) is 0 Å². The van der Waals surface area contributed by atoms with E-state index in [-0.39, 0.29) is 24.0 Å². The highest BCUT2D eigenvalue weighted by Crippen LogP contribution is 2.07. The number of halogens is 1. The quantitative estimate of drug-likeness (QED) is 0.354. The molecule has 3 aromatic rings. The van der Waals surface area contributed by atoms with Crippen LogP contribution in [0.4, 0.5) is 0 Å². The Hall–Kier alpha value is -1.87. The van der Waals surface area contributed by atoms with Crippen LogP contribution in [0.25, 0.3) is 5.69 Å². The van der Waals surface area contributed by atoms with Gasteiger partial charge in [0.2, 0.25) is 0 Å². The van der Waals surface area contributed by atoms with E-state index in [0.29, 0.717) is 6.54 Å². The Balaban J connectivity index is 0.00000208. The molecule has 3 rings (SSSR count). The van der Waals surface area contributed by atoms with E-state index in [9.17, 15) is 0 Å². The van der Waals surface area contributed by atoms with E-state index in [0.717, 1.165) is 23.8 Å². The van der Waals surface area contributed by atoms with Crippen molar-refractivity contribution in [3.05, 3.63) is 70.7 Å². The molecule has 0 saturated carbocycles. The average Bonchev–Trinajstić information content (AvgIpc) is 3.27. The van der Waals surface area contributed by atoms with Gasteiger partial charge in [0.15, 0.2) is 5.96 Å². The maximum Gasteiger partial charge on any atom is 0.191 e. The lowest BCUT2D eigenvalue weighted by Crippen LogP contribution is -2.36. The Morgan fingerprint density at radius 3 is 2.54 bits per heavy atom. The molecule has 0 aliphatic rings. The van der Waals surface area contributed by atoms with E-state index in [1.807, 2.05) is 47.4 Å². The van der Waals surface area contributed by atoms with Gasteiger partial charge in [-0.25, -0.2) is 4.68 Å². The molecule has 5 nitrogen and oxygen atoms in total. The molecule has 0 unspecified atom stereocenters. The molecule has 7 heteroatoms. The first-order valence-corrected chi connectivity index (χ1v) is 8.34. The minimum atomic E-state index is 0. The van der Waals surface area contributed by atoms with Crippen LogP contribution >= 0.6 is 35.3 Å². The Kier molecular flexibility index (Phi) is 7.26. The van der Waals surface area contributed by atoms with E-state index in [2.05, 4.69) is 37.6 Å². The molecule has 24 heavy (non-hydrogen) atoms. The van der Waals surface area contributed by atoms with Crippen LogP contribution in [0.5, 0.6) is 0 Å². The Morgan fingerprint density at radius 1 is 1.12 bits per heavy atom. The number of rotatable bonds is 5. The number of benzene rings is 1. The lowest BCUT2D eigenvalue weighted by Gasteiger charge is -2.10. The molecule has 0 bridgehead atoms. The van der Waals surface area contributed by atoms with Crippen molar-refractivity contribution in [2.75, 3.05) is 7.05 Å². The fourth-order valence-corrected chi connectivity index (χ4v) is 2.83. The highest BCUT2D eigenvalue weighted by atomic mass is 127. The van der Waals surface area contributed by atoms with Gasteiger partial charge in [-0.2, -0.15) is 16.4 Å². The first kappa shape index (κ1) is 18.5. The van der Waals surface area contributed by atoms with Gasteiger partial charge >= 0.3 is 0 Å². The SMILES string of the molecule is CN=C(NCc1ccsc1)NCc1cnn(-c2ccccc2)c1.I. The maximum absolute atomic E-state index is 4.39. The summed E-state index contributed by atoms with van der Waals surface area (Å²) in [5.41, 5.74) is 3.42. The Bertz CT molecular complexity index is 752. The van der Waals surface area contributed by atoms with E-state index in [4.69, 9.17) is 0 Å². The molecule has 0 aliphatic carbocycles. The molecule has 0 saturated heterocycles. The van der Waals surface area contributed by atoms with Crippen molar-refractivity contribution in [2.24, 2.45) is 4.99 Å². The van der Waals surface area contributed by atoms with Crippen LogP contribution in [-0.2, 0) is 13.1 Å². The van der Waals surface area contributed by atoms with E-state index < -0.39 is 0 Å². The number of nitrogens with one attached hydrogen (secondary N) is 2. The molecule has 0 fully saturated rings. The lowest BCUT2D eigenvalue weighted by atomic mass is 10.3. The van der Waals surface area contributed by atoms with Crippen molar-refractivity contribution in [3.63, 3.8) is 0 Å². The van der Waals surface area contributed by atoms with Crippen molar-refractivity contribution in [1.82, 2.24) is 20.4 Å². The van der Waals surface area contributed by atoms with Crippen LogP contribution in [0.15, 0.2) is 64.5 Å². The molecule has 0 aliphatic heterocycles. The second-order valence-corrected chi connectivity index (χ2v) is 5.82. The highest BCUT2D eigenvalue weighted by Gasteiger charge is 2.03. The van der Waals surface area contributed by atoms with E-state index in [1.165, 1.54) is 5.56 Å². The standard InChI is InChI=1S/C17H19N5S.HI/c1-18-17(19-9-14-7-8-23-13-14)20-10-15-11-21-22(12-15)16-5-3-2-4-6-16;/h2-8,11-13H,9-10H2,1H3,(H2,18,19,20);1H. The van der Waals surface area contributed by atoms with Crippen molar-refractivity contribution in [3.8, 4) is 5.69 Å². The summed E-state index contributed by atoms with van der Waals surface area (Å²) in [6, 6.07) is 12.2. The molecule has 0 atom stereocenters. The number of thiophene rings is 1. The van der Waals surface area contributed by atoms with Crippen LogP contribution < -0.4 is 10.6 Å². The minimum Gasteiger partial charge on any atom is -0.352 e. The molecular formula is C17H20IN5S. The molecule has 2 aromatic heterocycles. The van der Waals surface area contributed by atoms with E-state index >= 15 is 0 Å². The van der Waals surface area contributed by atoms with Gasteiger partial charge in [0.05, 0.1) is 11.9 Å². The average molecular weight is 453 g/mol. The van der Waals surface area contributed by atoms with Crippen LogP contribution in [0, 0.1) is 0 Å². The molecule has 1 aromatic carbocycles. The summed E-state index contributed by atoms with van der Waals surface area (Å²) in [5, 5.41) is 15.2. The smallest absolute Gasteiger partial charge is 0.191 e. The second-order valence-electron chi connectivity index (χ2n) is 5.04. The number of hydrogen-bond donors (Lipinski definition) is 2. The second kappa shape index (κ2) is 9.43. The number of hydrogen-bond acceptors (Lipinski definition) is 3. The molecule has 2 heterocycles. The molecule has 0 radical (unpaired) electrons. The zero-order chi connectivity index (χ0) is 15.9. The first-order chi connectivity index (χ1) is 11.3. The molecule has 2 N–H and O–H groups in total.